The molecule has 140 valence electrons. The first kappa shape index (κ1) is 18.9. The molecule has 3 rings (SSSR count). The first-order valence-electron chi connectivity index (χ1n) is 8.78. The molecule has 6 heteroatoms. The molecule has 0 radical (unpaired) electrons. The van der Waals surface area contributed by atoms with Gasteiger partial charge in [-0.25, -0.2) is 8.42 Å². The standard InChI is InChI=1S/C21H22N2O3S/c1-3-27(25,26)23-18-11-6-10-17(14-18)21(24)22-15(2)19-13-7-9-16-8-4-5-12-20(16)19/h4-15,23H,3H2,1-2H3,(H,22,24)/t15-/m1/s1. The third-order valence-corrected chi connectivity index (χ3v) is 5.72. The minimum absolute atomic E-state index is 0.0263. The molecule has 2 N–H and O–H groups in total. The summed E-state index contributed by atoms with van der Waals surface area (Å²) in [5.74, 6) is -0.283. The third-order valence-electron chi connectivity index (χ3n) is 4.42. The van der Waals surface area contributed by atoms with Crippen molar-refractivity contribution in [3.05, 3.63) is 77.9 Å². The maximum Gasteiger partial charge on any atom is 0.251 e. The van der Waals surface area contributed by atoms with E-state index in [0.717, 1.165) is 16.3 Å². The molecule has 0 aliphatic carbocycles. The number of hydrogen-bond acceptors (Lipinski definition) is 3. The molecular formula is C21H22N2O3S. The van der Waals surface area contributed by atoms with Gasteiger partial charge in [0.2, 0.25) is 10.0 Å². The Labute approximate surface area is 159 Å². The number of amides is 1. The predicted molar refractivity (Wildman–Crippen MR) is 109 cm³/mol. The number of carbonyl (C=O) groups is 1. The summed E-state index contributed by atoms with van der Waals surface area (Å²) in [6.07, 6.45) is 0. The van der Waals surface area contributed by atoms with Gasteiger partial charge in [0.15, 0.2) is 0 Å². The van der Waals surface area contributed by atoms with Gasteiger partial charge in [0.1, 0.15) is 0 Å². The zero-order valence-corrected chi connectivity index (χ0v) is 16.1. The van der Waals surface area contributed by atoms with E-state index in [1.54, 1.807) is 31.2 Å². The average Bonchev–Trinajstić information content (AvgIpc) is 2.67. The topological polar surface area (TPSA) is 75.3 Å². The van der Waals surface area contributed by atoms with Crippen molar-refractivity contribution in [2.75, 3.05) is 10.5 Å². The lowest BCUT2D eigenvalue weighted by molar-refractivity contribution is 0.0940. The Bertz CT molecular complexity index is 1070. The van der Waals surface area contributed by atoms with Gasteiger partial charge in [-0.3, -0.25) is 9.52 Å². The van der Waals surface area contributed by atoms with Gasteiger partial charge < -0.3 is 5.32 Å². The van der Waals surface area contributed by atoms with Crippen LogP contribution in [-0.4, -0.2) is 20.1 Å². The van der Waals surface area contributed by atoms with Crippen LogP contribution in [0.25, 0.3) is 10.8 Å². The van der Waals surface area contributed by atoms with Crippen LogP contribution >= 0.6 is 0 Å². The highest BCUT2D eigenvalue weighted by molar-refractivity contribution is 7.92. The van der Waals surface area contributed by atoms with Crippen molar-refractivity contribution in [3.63, 3.8) is 0 Å². The summed E-state index contributed by atoms with van der Waals surface area (Å²) in [4.78, 5) is 12.7. The molecule has 27 heavy (non-hydrogen) atoms. The van der Waals surface area contributed by atoms with Crippen LogP contribution in [0.3, 0.4) is 0 Å². The fourth-order valence-electron chi connectivity index (χ4n) is 2.96. The lowest BCUT2D eigenvalue weighted by atomic mass is 9.99. The number of rotatable bonds is 6. The molecule has 0 saturated heterocycles. The Morgan fingerprint density at radius 3 is 2.48 bits per heavy atom. The van der Waals surface area contributed by atoms with E-state index in [4.69, 9.17) is 0 Å². The van der Waals surface area contributed by atoms with Gasteiger partial charge in [-0.2, -0.15) is 0 Å². The number of sulfonamides is 1. The molecule has 0 aliphatic heterocycles. The lowest BCUT2D eigenvalue weighted by Gasteiger charge is -2.17. The van der Waals surface area contributed by atoms with Gasteiger partial charge in [-0.05, 0) is 48.4 Å². The first-order valence-corrected chi connectivity index (χ1v) is 10.4. The SMILES string of the molecule is CCS(=O)(=O)Nc1cccc(C(=O)N[C@H](C)c2cccc3ccccc23)c1. The van der Waals surface area contributed by atoms with Crippen molar-refractivity contribution < 1.29 is 13.2 Å². The van der Waals surface area contributed by atoms with E-state index in [1.807, 2.05) is 49.4 Å². The van der Waals surface area contributed by atoms with Crippen LogP contribution in [0, 0.1) is 0 Å². The molecule has 0 saturated carbocycles. The Hall–Kier alpha value is -2.86. The van der Waals surface area contributed by atoms with E-state index in [2.05, 4.69) is 10.0 Å². The maximum absolute atomic E-state index is 12.7. The van der Waals surface area contributed by atoms with Crippen LogP contribution in [-0.2, 0) is 10.0 Å². The zero-order chi connectivity index (χ0) is 19.4. The molecule has 5 nitrogen and oxygen atoms in total. The fourth-order valence-corrected chi connectivity index (χ4v) is 3.59. The van der Waals surface area contributed by atoms with Crippen molar-refractivity contribution in [2.45, 2.75) is 19.9 Å². The molecule has 0 heterocycles. The monoisotopic (exact) mass is 382 g/mol. The van der Waals surface area contributed by atoms with Gasteiger partial charge >= 0.3 is 0 Å². The molecule has 1 atom stereocenters. The van der Waals surface area contributed by atoms with Crippen LogP contribution in [0.2, 0.25) is 0 Å². The summed E-state index contributed by atoms with van der Waals surface area (Å²) in [6, 6.07) is 20.3. The molecule has 0 aliphatic rings. The van der Waals surface area contributed by atoms with Crippen LogP contribution < -0.4 is 10.0 Å². The Balaban J connectivity index is 1.81. The smallest absolute Gasteiger partial charge is 0.251 e. The Kier molecular flexibility index (Phi) is 5.46. The number of nitrogens with one attached hydrogen (secondary N) is 2. The molecular weight excluding hydrogens is 360 g/mol. The van der Waals surface area contributed by atoms with Gasteiger partial charge in [0, 0.05) is 11.3 Å². The molecule has 0 bridgehead atoms. The van der Waals surface area contributed by atoms with E-state index in [0.29, 0.717) is 11.3 Å². The quantitative estimate of drug-likeness (QED) is 0.674. The second-order valence-corrected chi connectivity index (χ2v) is 8.36. The largest absolute Gasteiger partial charge is 0.345 e. The summed E-state index contributed by atoms with van der Waals surface area (Å²) >= 11 is 0. The van der Waals surface area contributed by atoms with E-state index >= 15 is 0 Å². The number of hydrogen-bond donors (Lipinski definition) is 2. The number of fused-ring (bicyclic) bond motifs is 1. The number of benzene rings is 3. The van der Waals surface area contributed by atoms with Gasteiger partial charge in [-0.1, -0.05) is 48.5 Å². The summed E-state index contributed by atoms with van der Waals surface area (Å²) in [7, 11) is -3.39. The van der Waals surface area contributed by atoms with E-state index in [-0.39, 0.29) is 17.7 Å². The van der Waals surface area contributed by atoms with Crippen LogP contribution in [0.15, 0.2) is 66.7 Å². The maximum atomic E-state index is 12.7. The summed E-state index contributed by atoms with van der Waals surface area (Å²) in [5.41, 5.74) is 1.81. The fraction of sp³-hybridized carbons (Fsp3) is 0.190. The van der Waals surface area contributed by atoms with Gasteiger partial charge in [0.25, 0.3) is 5.91 Å². The van der Waals surface area contributed by atoms with Crippen molar-refractivity contribution in [1.82, 2.24) is 5.32 Å². The second kappa shape index (κ2) is 7.80. The van der Waals surface area contributed by atoms with Crippen LogP contribution in [0.4, 0.5) is 5.69 Å². The molecule has 0 fully saturated rings. The molecule has 0 spiro atoms. The van der Waals surface area contributed by atoms with Crippen LogP contribution in [0.1, 0.15) is 35.8 Å². The molecule has 3 aromatic carbocycles. The molecule has 0 unspecified atom stereocenters. The Morgan fingerprint density at radius 1 is 1.00 bits per heavy atom. The van der Waals surface area contributed by atoms with E-state index in [9.17, 15) is 13.2 Å². The minimum atomic E-state index is -3.39. The summed E-state index contributed by atoms with van der Waals surface area (Å²) < 4.78 is 25.9. The predicted octanol–water partition coefficient (Wildman–Crippen LogP) is 4.09. The van der Waals surface area contributed by atoms with E-state index in [1.165, 1.54) is 0 Å². The van der Waals surface area contributed by atoms with Crippen LogP contribution in [0.5, 0.6) is 0 Å². The van der Waals surface area contributed by atoms with Crippen molar-refractivity contribution in [2.24, 2.45) is 0 Å². The lowest BCUT2D eigenvalue weighted by Crippen LogP contribution is -2.27. The van der Waals surface area contributed by atoms with Gasteiger partial charge in [0.05, 0.1) is 11.8 Å². The molecule has 1 amide bonds. The molecule has 0 aromatic heterocycles. The normalized spacial score (nSPS) is 12.5. The average molecular weight is 382 g/mol. The van der Waals surface area contributed by atoms with Crippen molar-refractivity contribution in [3.8, 4) is 0 Å². The minimum Gasteiger partial charge on any atom is -0.345 e. The first-order chi connectivity index (χ1) is 12.9. The molecule has 3 aromatic rings. The summed E-state index contributed by atoms with van der Waals surface area (Å²) in [5, 5.41) is 5.20. The highest BCUT2D eigenvalue weighted by atomic mass is 32.2. The highest BCUT2D eigenvalue weighted by Crippen LogP contribution is 2.24. The Morgan fingerprint density at radius 2 is 1.70 bits per heavy atom. The zero-order valence-electron chi connectivity index (χ0n) is 15.3. The second-order valence-electron chi connectivity index (χ2n) is 6.35. The van der Waals surface area contributed by atoms with Crippen molar-refractivity contribution in [1.29, 1.82) is 0 Å². The van der Waals surface area contributed by atoms with Gasteiger partial charge in [-0.15, -0.1) is 0 Å². The van der Waals surface area contributed by atoms with E-state index < -0.39 is 10.0 Å². The number of carbonyl (C=O) groups excluding carboxylic acids is 1. The highest BCUT2D eigenvalue weighted by Gasteiger charge is 2.15. The number of anilines is 1. The third kappa shape index (κ3) is 4.46. The summed E-state index contributed by atoms with van der Waals surface area (Å²) in [6.45, 7) is 3.49. The van der Waals surface area contributed by atoms with Crippen molar-refractivity contribution >= 4 is 32.4 Å².